The molecule has 1 aliphatic heterocycles. The van der Waals surface area contributed by atoms with Crippen LogP contribution in [0.3, 0.4) is 0 Å². The number of carbonyl (C=O) groups is 1. The smallest absolute Gasteiger partial charge is 0.249 e. The van der Waals surface area contributed by atoms with Gasteiger partial charge in [0.1, 0.15) is 6.10 Å². The average Bonchev–Trinajstić information content (AvgIpc) is 3.40. The molecule has 1 heterocycles. The Bertz CT molecular complexity index is 405. The fourth-order valence-corrected chi connectivity index (χ4v) is 4.08. The van der Waals surface area contributed by atoms with Crippen LogP contribution >= 0.6 is 0 Å². The number of aliphatic hydroxyl groups is 1. The van der Waals surface area contributed by atoms with Crippen LogP contribution in [0.5, 0.6) is 0 Å². The van der Waals surface area contributed by atoms with Crippen molar-refractivity contribution in [2.45, 2.75) is 76.5 Å². The third-order valence-electron chi connectivity index (χ3n) is 6.04. The number of hydrogen-bond acceptors (Lipinski definition) is 4. The van der Waals surface area contributed by atoms with E-state index in [0.29, 0.717) is 18.1 Å². The van der Waals surface area contributed by atoms with Crippen LogP contribution in [0.1, 0.15) is 58.3 Å². The highest BCUT2D eigenvalue weighted by molar-refractivity contribution is 5.81. The lowest BCUT2D eigenvalue weighted by atomic mass is 9.88. The van der Waals surface area contributed by atoms with Crippen molar-refractivity contribution in [3.63, 3.8) is 0 Å². The first-order valence-electron chi connectivity index (χ1n) is 9.96. The van der Waals surface area contributed by atoms with Gasteiger partial charge in [-0.25, -0.2) is 0 Å². The van der Waals surface area contributed by atoms with Gasteiger partial charge in [0, 0.05) is 12.6 Å². The second-order valence-corrected chi connectivity index (χ2v) is 8.08. The predicted octanol–water partition coefficient (Wildman–Crippen LogP) is 1.93. The van der Waals surface area contributed by atoms with Crippen LogP contribution in [-0.4, -0.2) is 60.4 Å². The number of nitrogens with one attached hydrogen (secondary N) is 1. The zero-order valence-corrected chi connectivity index (χ0v) is 15.1. The van der Waals surface area contributed by atoms with Gasteiger partial charge in [-0.05, 0) is 63.5 Å². The lowest BCUT2D eigenvalue weighted by Gasteiger charge is -2.34. The SMILES string of the molecule is C[C@@H]1CCCC[C@@H]1OCCN1CCC([C@@H](O)C(=O)NC2CC2)CC1. The van der Waals surface area contributed by atoms with E-state index in [1.54, 1.807) is 0 Å². The zero-order chi connectivity index (χ0) is 16.9. The standard InChI is InChI=1S/C19H34N2O3/c1-14-4-2-3-5-17(14)24-13-12-21-10-8-15(9-11-21)18(22)19(23)20-16-6-7-16/h14-18,22H,2-13H2,1H3,(H,20,23)/t14-,17+,18-/m1/s1. The molecule has 3 aliphatic rings. The first-order valence-corrected chi connectivity index (χ1v) is 9.96. The first-order chi connectivity index (χ1) is 11.6. The predicted molar refractivity (Wildman–Crippen MR) is 93.7 cm³/mol. The minimum Gasteiger partial charge on any atom is -0.383 e. The molecule has 1 saturated heterocycles. The number of rotatable bonds is 7. The van der Waals surface area contributed by atoms with E-state index in [-0.39, 0.29) is 11.8 Å². The van der Waals surface area contributed by atoms with Gasteiger partial charge in [-0.15, -0.1) is 0 Å². The summed E-state index contributed by atoms with van der Waals surface area (Å²) in [5.41, 5.74) is 0. The monoisotopic (exact) mass is 338 g/mol. The van der Waals surface area contributed by atoms with E-state index in [0.717, 1.165) is 51.9 Å². The van der Waals surface area contributed by atoms with Gasteiger partial charge in [0.15, 0.2) is 0 Å². The van der Waals surface area contributed by atoms with Crippen LogP contribution < -0.4 is 5.32 Å². The molecule has 1 amide bonds. The Morgan fingerprint density at radius 3 is 2.54 bits per heavy atom. The van der Waals surface area contributed by atoms with E-state index in [1.165, 1.54) is 25.7 Å². The molecular weight excluding hydrogens is 304 g/mol. The summed E-state index contributed by atoms with van der Waals surface area (Å²) >= 11 is 0. The number of amides is 1. The highest BCUT2D eigenvalue weighted by atomic mass is 16.5. The van der Waals surface area contributed by atoms with Crippen molar-refractivity contribution in [1.29, 1.82) is 0 Å². The van der Waals surface area contributed by atoms with Crippen LogP contribution in [0, 0.1) is 11.8 Å². The summed E-state index contributed by atoms with van der Waals surface area (Å²) in [6, 6.07) is 0.326. The van der Waals surface area contributed by atoms with Gasteiger partial charge in [-0.2, -0.15) is 0 Å². The molecule has 0 aromatic carbocycles. The van der Waals surface area contributed by atoms with E-state index in [2.05, 4.69) is 17.1 Å². The van der Waals surface area contributed by atoms with Crippen molar-refractivity contribution in [2.24, 2.45) is 11.8 Å². The summed E-state index contributed by atoms with van der Waals surface area (Å²) in [4.78, 5) is 14.4. The van der Waals surface area contributed by atoms with Crippen molar-refractivity contribution >= 4 is 5.91 Å². The Morgan fingerprint density at radius 2 is 1.88 bits per heavy atom. The highest BCUT2D eigenvalue weighted by Crippen LogP contribution is 2.27. The van der Waals surface area contributed by atoms with Crippen LogP contribution in [0.25, 0.3) is 0 Å². The molecule has 5 heteroatoms. The van der Waals surface area contributed by atoms with Gasteiger partial charge in [-0.1, -0.05) is 19.8 Å². The molecule has 3 fully saturated rings. The maximum Gasteiger partial charge on any atom is 0.249 e. The van der Waals surface area contributed by atoms with E-state index >= 15 is 0 Å². The van der Waals surface area contributed by atoms with Crippen molar-refractivity contribution in [2.75, 3.05) is 26.2 Å². The molecule has 0 aromatic rings. The average molecular weight is 338 g/mol. The number of nitrogens with zero attached hydrogens (tertiary/aromatic N) is 1. The zero-order valence-electron chi connectivity index (χ0n) is 15.1. The first kappa shape index (κ1) is 18.2. The molecule has 0 radical (unpaired) electrons. The number of piperidine rings is 1. The summed E-state index contributed by atoms with van der Waals surface area (Å²) in [5.74, 6) is 0.648. The molecule has 3 atom stereocenters. The fourth-order valence-electron chi connectivity index (χ4n) is 4.08. The van der Waals surface area contributed by atoms with Crippen molar-refractivity contribution in [1.82, 2.24) is 10.2 Å². The molecule has 0 spiro atoms. The summed E-state index contributed by atoms with van der Waals surface area (Å²) in [6.07, 6.45) is 8.73. The Hall–Kier alpha value is -0.650. The molecule has 138 valence electrons. The maximum absolute atomic E-state index is 12.0. The van der Waals surface area contributed by atoms with E-state index < -0.39 is 6.10 Å². The van der Waals surface area contributed by atoms with E-state index in [1.807, 2.05) is 0 Å². The third-order valence-corrected chi connectivity index (χ3v) is 6.04. The van der Waals surface area contributed by atoms with Gasteiger partial charge in [0.05, 0.1) is 12.7 Å². The minimum absolute atomic E-state index is 0.110. The van der Waals surface area contributed by atoms with Crippen LogP contribution in [-0.2, 0) is 9.53 Å². The van der Waals surface area contributed by atoms with Gasteiger partial charge in [-0.3, -0.25) is 4.79 Å². The highest BCUT2D eigenvalue weighted by Gasteiger charge is 2.33. The van der Waals surface area contributed by atoms with Gasteiger partial charge < -0.3 is 20.1 Å². The summed E-state index contributed by atoms with van der Waals surface area (Å²) in [7, 11) is 0. The summed E-state index contributed by atoms with van der Waals surface area (Å²) in [5, 5.41) is 13.1. The molecule has 2 aliphatic carbocycles. The number of carbonyl (C=O) groups excluding carboxylic acids is 1. The van der Waals surface area contributed by atoms with Crippen LogP contribution in [0.15, 0.2) is 0 Å². The molecule has 24 heavy (non-hydrogen) atoms. The molecule has 5 nitrogen and oxygen atoms in total. The number of hydrogen-bond donors (Lipinski definition) is 2. The van der Waals surface area contributed by atoms with Crippen molar-refractivity contribution < 1.29 is 14.6 Å². The molecular formula is C19H34N2O3. The van der Waals surface area contributed by atoms with Crippen LogP contribution in [0.4, 0.5) is 0 Å². The van der Waals surface area contributed by atoms with Crippen molar-refractivity contribution in [3.05, 3.63) is 0 Å². The normalized spacial score (nSPS) is 30.9. The Labute approximate surface area is 146 Å². The molecule has 2 N–H and O–H groups in total. The largest absolute Gasteiger partial charge is 0.383 e. The number of aliphatic hydroxyl groups excluding tert-OH is 1. The fraction of sp³-hybridized carbons (Fsp3) is 0.947. The molecule has 0 aromatic heterocycles. The lowest BCUT2D eigenvalue weighted by molar-refractivity contribution is -0.133. The lowest BCUT2D eigenvalue weighted by Crippen LogP contribution is -2.45. The number of likely N-dealkylation sites (tertiary alicyclic amines) is 1. The molecule has 2 saturated carbocycles. The quantitative estimate of drug-likeness (QED) is 0.745. The van der Waals surface area contributed by atoms with Gasteiger partial charge >= 0.3 is 0 Å². The topological polar surface area (TPSA) is 61.8 Å². The van der Waals surface area contributed by atoms with E-state index in [9.17, 15) is 9.90 Å². The van der Waals surface area contributed by atoms with E-state index in [4.69, 9.17) is 4.74 Å². The molecule has 3 rings (SSSR count). The second kappa shape index (κ2) is 8.63. The Balaban J connectivity index is 1.30. The Kier molecular flexibility index (Phi) is 6.53. The second-order valence-electron chi connectivity index (χ2n) is 8.08. The van der Waals surface area contributed by atoms with Gasteiger partial charge in [0.2, 0.25) is 5.91 Å². The Morgan fingerprint density at radius 1 is 1.17 bits per heavy atom. The summed E-state index contributed by atoms with van der Waals surface area (Å²) < 4.78 is 6.11. The third kappa shape index (κ3) is 5.17. The minimum atomic E-state index is -0.827. The molecule has 0 bridgehead atoms. The van der Waals surface area contributed by atoms with Gasteiger partial charge in [0.25, 0.3) is 0 Å². The van der Waals surface area contributed by atoms with Crippen LogP contribution in [0.2, 0.25) is 0 Å². The summed E-state index contributed by atoms with van der Waals surface area (Å²) in [6.45, 7) is 6.01. The molecule has 0 unspecified atom stereocenters. The van der Waals surface area contributed by atoms with Crippen molar-refractivity contribution in [3.8, 4) is 0 Å². The maximum atomic E-state index is 12.0. The number of ether oxygens (including phenoxy) is 1.